The lowest BCUT2D eigenvalue weighted by Crippen LogP contribution is -2.36. The average Bonchev–Trinajstić information content (AvgIpc) is 2.67. The molecule has 0 spiro atoms. The lowest BCUT2D eigenvalue weighted by atomic mass is 10.2. The molecule has 1 heterocycles. The highest BCUT2D eigenvalue weighted by molar-refractivity contribution is 7.56. The Hall–Kier alpha value is -2.98. The van der Waals surface area contributed by atoms with E-state index in [0.717, 1.165) is 0 Å². The molecule has 32 heavy (non-hydrogen) atoms. The van der Waals surface area contributed by atoms with E-state index < -0.39 is 59.8 Å². The smallest absolute Gasteiger partial charge is 0.418 e. The van der Waals surface area contributed by atoms with Gasteiger partial charge in [-0.3, -0.25) is 24.5 Å². The molecular weight excluding hydrogens is 454 g/mol. The van der Waals surface area contributed by atoms with E-state index in [2.05, 4.69) is 10.1 Å². The molecule has 2 unspecified atom stereocenters. The summed E-state index contributed by atoms with van der Waals surface area (Å²) < 4.78 is 63.0. The standard InChI is InChI=1S/C19H21F3N3O6P/c1-12(2)30-18(26)13(3)24-32(29,31-15-7-5-4-6-8-15)11-16-17(25(27)28)9-14(10-23-16)19(20,21)22/h4-10,12-13H,11H2,1-3H3,(H,24,29). The number of nitrogens with one attached hydrogen (secondary N) is 1. The van der Waals surface area contributed by atoms with Gasteiger partial charge in [0.2, 0.25) is 0 Å². The van der Waals surface area contributed by atoms with Crippen LogP contribution in [0.15, 0.2) is 42.6 Å². The van der Waals surface area contributed by atoms with E-state index >= 15 is 0 Å². The largest absolute Gasteiger partial charge is 0.462 e. The number of aromatic nitrogens is 1. The summed E-state index contributed by atoms with van der Waals surface area (Å²) in [6, 6.07) is 6.89. The van der Waals surface area contributed by atoms with Gasteiger partial charge in [-0.15, -0.1) is 0 Å². The maximum absolute atomic E-state index is 13.6. The first-order valence-electron chi connectivity index (χ1n) is 9.33. The Labute approximate surface area is 181 Å². The number of carbonyl (C=O) groups excluding carboxylic acids is 1. The molecule has 9 nitrogen and oxygen atoms in total. The van der Waals surface area contributed by atoms with Gasteiger partial charge in [-0.05, 0) is 32.9 Å². The van der Waals surface area contributed by atoms with Gasteiger partial charge in [0.05, 0.1) is 22.8 Å². The quantitative estimate of drug-likeness (QED) is 0.240. The molecule has 174 valence electrons. The zero-order chi connectivity index (χ0) is 24.1. The molecule has 1 aromatic carbocycles. The van der Waals surface area contributed by atoms with Gasteiger partial charge in [0.25, 0.3) is 5.69 Å². The molecule has 2 aromatic rings. The third-order valence-electron chi connectivity index (χ3n) is 3.92. The van der Waals surface area contributed by atoms with Gasteiger partial charge in [-0.1, -0.05) is 18.2 Å². The lowest BCUT2D eigenvalue weighted by molar-refractivity contribution is -0.386. The van der Waals surface area contributed by atoms with Crippen LogP contribution in [0.25, 0.3) is 0 Å². The molecule has 0 radical (unpaired) electrons. The van der Waals surface area contributed by atoms with Crippen molar-refractivity contribution >= 4 is 19.2 Å². The molecule has 0 fully saturated rings. The van der Waals surface area contributed by atoms with Crippen molar-refractivity contribution in [2.75, 3.05) is 0 Å². The zero-order valence-electron chi connectivity index (χ0n) is 17.3. The van der Waals surface area contributed by atoms with Crippen molar-refractivity contribution in [3.63, 3.8) is 0 Å². The van der Waals surface area contributed by atoms with E-state index in [-0.39, 0.29) is 5.75 Å². The number of carbonyl (C=O) groups is 1. The number of hydrogen-bond donors (Lipinski definition) is 1. The maximum atomic E-state index is 13.6. The van der Waals surface area contributed by atoms with E-state index in [4.69, 9.17) is 9.26 Å². The van der Waals surface area contributed by atoms with Gasteiger partial charge in [-0.25, -0.2) is 5.09 Å². The number of benzene rings is 1. The predicted octanol–water partition coefficient (Wildman–Crippen LogP) is 4.71. The van der Waals surface area contributed by atoms with Crippen molar-refractivity contribution in [1.29, 1.82) is 0 Å². The number of esters is 1. The first kappa shape index (κ1) is 25.3. The molecule has 0 amide bonds. The van der Waals surface area contributed by atoms with Gasteiger partial charge in [0.1, 0.15) is 17.5 Å². The minimum atomic E-state index is -4.85. The number of ether oxygens (including phenoxy) is 1. The summed E-state index contributed by atoms with van der Waals surface area (Å²) in [5.74, 6) is -0.644. The van der Waals surface area contributed by atoms with E-state index in [9.17, 15) is 32.6 Å². The Morgan fingerprint density at radius 3 is 2.41 bits per heavy atom. The van der Waals surface area contributed by atoms with Crippen molar-refractivity contribution in [1.82, 2.24) is 10.1 Å². The minimum Gasteiger partial charge on any atom is -0.462 e. The molecule has 13 heteroatoms. The van der Waals surface area contributed by atoms with E-state index in [1.165, 1.54) is 19.1 Å². The number of pyridine rings is 1. The van der Waals surface area contributed by atoms with Gasteiger partial charge in [0, 0.05) is 12.3 Å². The highest BCUT2D eigenvalue weighted by Crippen LogP contribution is 2.48. The predicted molar refractivity (Wildman–Crippen MR) is 108 cm³/mol. The highest BCUT2D eigenvalue weighted by atomic mass is 31.2. The molecule has 1 aromatic heterocycles. The van der Waals surface area contributed by atoms with Crippen LogP contribution in [0.1, 0.15) is 32.0 Å². The van der Waals surface area contributed by atoms with Crippen LogP contribution < -0.4 is 9.61 Å². The van der Waals surface area contributed by atoms with Crippen molar-refractivity contribution in [3.8, 4) is 5.75 Å². The molecular formula is C19H21F3N3O6P. The van der Waals surface area contributed by atoms with Crippen molar-refractivity contribution < 1.29 is 36.7 Å². The first-order valence-corrected chi connectivity index (χ1v) is 11.1. The molecule has 2 rings (SSSR count). The SMILES string of the molecule is CC(C)OC(=O)C(C)NP(=O)(Cc1ncc(C(F)(F)F)cc1[N+](=O)[O-])Oc1ccccc1. The van der Waals surface area contributed by atoms with Crippen molar-refractivity contribution in [3.05, 3.63) is 64.0 Å². The first-order chi connectivity index (χ1) is 14.8. The van der Waals surface area contributed by atoms with E-state index in [1.807, 2.05) is 0 Å². The molecule has 0 bridgehead atoms. The molecule has 2 atom stereocenters. The topological polar surface area (TPSA) is 121 Å². The van der Waals surface area contributed by atoms with Gasteiger partial charge in [0.15, 0.2) is 0 Å². The molecule has 1 N–H and O–H groups in total. The molecule has 0 saturated heterocycles. The van der Waals surface area contributed by atoms with E-state index in [1.54, 1.807) is 32.0 Å². The number of rotatable bonds is 9. The average molecular weight is 475 g/mol. The van der Waals surface area contributed by atoms with Crippen LogP contribution in [-0.4, -0.2) is 28.0 Å². The number of para-hydroxylation sites is 1. The molecule has 0 aliphatic heterocycles. The summed E-state index contributed by atoms with van der Waals surface area (Å²) in [5, 5.41) is 13.9. The lowest BCUT2D eigenvalue weighted by Gasteiger charge is -2.24. The van der Waals surface area contributed by atoms with Crippen LogP contribution in [-0.2, 0) is 26.4 Å². The summed E-state index contributed by atoms with van der Waals surface area (Å²) >= 11 is 0. The summed E-state index contributed by atoms with van der Waals surface area (Å²) in [6.45, 7) is 4.57. The number of alkyl halides is 3. The second kappa shape index (κ2) is 10.1. The number of nitrogens with zero attached hydrogens (tertiary/aromatic N) is 2. The monoisotopic (exact) mass is 475 g/mol. The molecule has 0 aliphatic rings. The summed E-state index contributed by atoms with van der Waals surface area (Å²) in [5.41, 5.74) is -2.80. The zero-order valence-corrected chi connectivity index (χ0v) is 18.2. The number of hydrogen-bond acceptors (Lipinski definition) is 7. The second-order valence-electron chi connectivity index (χ2n) is 7.02. The maximum Gasteiger partial charge on any atom is 0.418 e. The summed E-state index contributed by atoms with van der Waals surface area (Å²) in [4.78, 5) is 26.0. The van der Waals surface area contributed by atoms with E-state index in [0.29, 0.717) is 12.3 Å². The molecule has 0 aliphatic carbocycles. The Bertz CT molecular complexity index is 1020. The molecule has 0 saturated carbocycles. The summed E-state index contributed by atoms with van der Waals surface area (Å²) in [7, 11) is -4.14. The van der Waals surface area contributed by atoms with Crippen LogP contribution in [0.2, 0.25) is 0 Å². The summed E-state index contributed by atoms with van der Waals surface area (Å²) in [6.07, 6.45) is -5.66. The van der Waals surface area contributed by atoms with Crippen LogP contribution in [0.3, 0.4) is 0 Å². The fraction of sp³-hybridized carbons (Fsp3) is 0.368. The Morgan fingerprint density at radius 1 is 1.25 bits per heavy atom. The minimum absolute atomic E-state index is 0.113. The fourth-order valence-corrected chi connectivity index (χ4v) is 4.56. The van der Waals surface area contributed by atoms with Gasteiger partial charge < -0.3 is 9.26 Å². The number of nitro groups is 1. The van der Waals surface area contributed by atoms with Crippen LogP contribution in [0.5, 0.6) is 5.75 Å². The van der Waals surface area contributed by atoms with Crippen molar-refractivity contribution in [2.45, 2.75) is 45.3 Å². The van der Waals surface area contributed by atoms with Crippen molar-refractivity contribution in [2.24, 2.45) is 0 Å². The Morgan fingerprint density at radius 2 is 1.88 bits per heavy atom. The van der Waals surface area contributed by atoms with Crippen LogP contribution >= 0.6 is 7.52 Å². The third kappa shape index (κ3) is 7.03. The normalized spacial score (nSPS) is 14.5. The number of halogens is 3. The Balaban J connectivity index is 2.43. The van der Waals surface area contributed by atoms with Gasteiger partial charge in [-0.2, -0.15) is 13.2 Å². The fourth-order valence-electron chi connectivity index (χ4n) is 2.55. The van der Waals surface area contributed by atoms with Crippen LogP contribution in [0.4, 0.5) is 18.9 Å². The van der Waals surface area contributed by atoms with Gasteiger partial charge >= 0.3 is 19.7 Å². The van der Waals surface area contributed by atoms with Crippen LogP contribution in [0, 0.1) is 10.1 Å². The second-order valence-corrected chi connectivity index (χ2v) is 9.12. The third-order valence-corrected chi connectivity index (χ3v) is 5.92. The Kier molecular flexibility index (Phi) is 7.97. The highest BCUT2D eigenvalue weighted by Gasteiger charge is 2.37.